The molecule has 6 nitrogen and oxygen atoms in total. The molecule has 0 aliphatic carbocycles. The van der Waals surface area contributed by atoms with Crippen LogP contribution in [0.5, 0.6) is 0 Å². The first-order chi connectivity index (χ1) is 12.3. The van der Waals surface area contributed by atoms with Crippen LogP contribution >= 0.6 is 11.6 Å². The number of ketones is 1. The molecule has 0 aromatic heterocycles. The van der Waals surface area contributed by atoms with E-state index in [0.29, 0.717) is 52.5 Å². The van der Waals surface area contributed by atoms with Gasteiger partial charge in [0.25, 0.3) is 0 Å². The van der Waals surface area contributed by atoms with Gasteiger partial charge in [0.15, 0.2) is 0 Å². The van der Waals surface area contributed by atoms with E-state index in [1.807, 2.05) is 20.8 Å². The third-order valence-corrected chi connectivity index (χ3v) is 3.53. The highest BCUT2D eigenvalue weighted by Gasteiger charge is 2.15. The summed E-state index contributed by atoms with van der Waals surface area (Å²) in [7, 11) is 0. The summed E-state index contributed by atoms with van der Waals surface area (Å²) < 4.78 is 21.5. The van der Waals surface area contributed by atoms with Crippen LogP contribution in [0.4, 0.5) is 0 Å². The van der Waals surface area contributed by atoms with Crippen LogP contribution in [0.25, 0.3) is 0 Å². The molecule has 7 heteroatoms. The highest BCUT2D eigenvalue weighted by atomic mass is 35.5. The Kier molecular flexibility index (Phi) is 16.0. The molecule has 0 aromatic rings. The van der Waals surface area contributed by atoms with Gasteiger partial charge in [-0.05, 0) is 46.5 Å². The largest absolute Gasteiger partial charge is 0.460 e. The molecular formula is C19H35ClO6. The van der Waals surface area contributed by atoms with Crippen LogP contribution in [-0.2, 0) is 28.5 Å². The molecule has 0 bridgehead atoms. The highest BCUT2D eigenvalue weighted by Crippen LogP contribution is 2.09. The lowest BCUT2D eigenvalue weighted by Crippen LogP contribution is -2.23. The van der Waals surface area contributed by atoms with Crippen LogP contribution in [0.1, 0.15) is 59.3 Å². The number of hydrogen-bond donors (Lipinski definition) is 0. The first-order valence-electron chi connectivity index (χ1n) is 9.38. The number of alkyl halides is 1. The SMILES string of the molecule is CC(C)(C)OC(=O)CCCCOCCOCCOCCCCC(=O)CCl. The van der Waals surface area contributed by atoms with Crippen molar-refractivity contribution in [2.24, 2.45) is 0 Å². The number of carbonyl (C=O) groups excluding carboxylic acids is 2. The van der Waals surface area contributed by atoms with Gasteiger partial charge in [0, 0.05) is 26.1 Å². The van der Waals surface area contributed by atoms with Gasteiger partial charge < -0.3 is 18.9 Å². The van der Waals surface area contributed by atoms with Crippen LogP contribution in [0, 0.1) is 0 Å². The minimum Gasteiger partial charge on any atom is -0.460 e. The topological polar surface area (TPSA) is 71.1 Å². The predicted octanol–water partition coefficient (Wildman–Crippen LogP) is 3.53. The monoisotopic (exact) mass is 394 g/mol. The quantitative estimate of drug-likeness (QED) is 0.213. The van der Waals surface area contributed by atoms with Crippen molar-refractivity contribution < 1.29 is 28.5 Å². The Bertz CT molecular complexity index is 368. The van der Waals surface area contributed by atoms with Gasteiger partial charge in [0.2, 0.25) is 0 Å². The zero-order valence-electron chi connectivity index (χ0n) is 16.5. The first kappa shape index (κ1) is 25.3. The van der Waals surface area contributed by atoms with E-state index in [0.717, 1.165) is 25.7 Å². The first-order valence-corrected chi connectivity index (χ1v) is 9.91. The Hall–Kier alpha value is -0.690. The molecular weight excluding hydrogens is 360 g/mol. The molecule has 0 N–H and O–H groups in total. The summed E-state index contributed by atoms with van der Waals surface area (Å²) in [6.45, 7) is 8.98. The summed E-state index contributed by atoms with van der Waals surface area (Å²) in [4.78, 5) is 22.5. The normalized spacial score (nSPS) is 11.5. The van der Waals surface area contributed by atoms with Crippen LogP contribution < -0.4 is 0 Å². The van der Waals surface area contributed by atoms with Crippen molar-refractivity contribution in [2.45, 2.75) is 64.9 Å². The molecule has 0 spiro atoms. The maximum Gasteiger partial charge on any atom is 0.306 e. The van der Waals surface area contributed by atoms with E-state index in [1.54, 1.807) is 0 Å². The van der Waals surface area contributed by atoms with E-state index in [9.17, 15) is 9.59 Å². The van der Waals surface area contributed by atoms with E-state index < -0.39 is 5.60 Å². The Balaban J connectivity index is 3.18. The highest BCUT2D eigenvalue weighted by molar-refractivity contribution is 6.27. The molecule has 0 rings (SSSR count). The second kappa shape index (κ2) is 16.5. The van der Waals surface area contributed by atoms with Gasteiger partial charge in [-0.25, -0.2) is 0 Å². The van der Waals surface area contributed by atoms with Gasteiger partial charge in [0.1, 0.15) is 11.4 Å². The second-order valence-corrected chi connectivity index (χ2v) is 7.28. The number of hydrogen-bond acceptors (Lipinski definition) is 6. The average molecular weight is 395 g/mol. The third kappa shape index (κ3) is 19.6. The molecule has 0 atom stereocenters. The molecule has 0 fully saturated rings. The fourth-order valence-corrected chi connectivity index (χ4v) is 2.13. The molecule has 154 valence electrons. The van der Waals surface area contributed by atoms with E-state index in [-0.39, 0.29) is 17.6 Å². The smallest absolute Gasteiger partial charge is 0.306 e. The Morgan fingerprint density at radius 1 is 0.731 bits per heavy atom. The standard InChI is InChI=1S/C19H35ClO6/c1-19(2,3)26-18(22)9-5-7-11-24-13-15-25-14-12-23-10-6-4-8-17(21)16-20/h4-16H2,1-3H3. The summed E-state index contributed by atoms with van der Waals surface area (Å²) in [6.07, 6.45) is 4.21. The van der Waals surface area contributed by atoms with Gasteiger partial charge in [-0.15, -0.1) is 11.6 Å². The Morgan fingerprint density at radius 3 is 1.65 bits per heavy atom. The minimum atomic E-state index is -0.419. The number of rotatable bonds is 17. The fraction of sp³-hybridized carbons (Fsp3) is 0.895. The van der Waals surface area contributed by atoms with Gasteiger partial charge >= 0.3 is 5.97 Å². The van der Waals surface area contributed by atoms with Crippen LogP contribution in [0.2, 0.25) is 0 Å². The minimum absolute atomic E-state index is 0.0832. The maximum absolute atomic E-state index is 11.5. The lowest BCUT2D eigenvalue weighted by molar-refractivity contribution is -0.155. The van der Waals surface area contributed by atoms with Gasteiger partial charge in [0.05, 0.1) is 32.3 Å². The van der Waals surface area contributed by atoms with E-state index in [1.165, 1.54) is 0 Å². The summed E-state index contributed by atoms with van der Waals surface area (Å²) in [6, 6.07) is 0. The van der Waals surface area contributed by atoms with Crippen molar-refractivity contribution in [1.29, 1.82) is 0 Å². The molecule has 0 saturated heterocycles. The summed E-state index contributed by atoms with van der Waals surface area (Å²) in [5.41, 5.74) is -0.419. The average Bonchev–Trinajstić information content (AvgIpc) is 2.56. The van der Waals surface area contributed by atoms with Crippen LogP contribution in [-0.4, -0.2) is 62.9 Å². The number of unbranched alkanes of at least 4 members (excludes halogenated alkanes) is 2. The number of halogens is 1. The second-order valence-electron chi connectivity index (χ2n) is 7.01. The lowest BCUT2D eigenvalue weighted by atomic mass is 10.2. The van der Waals surface area contributed by atoms with E-state index in [4.69, 9.17) is 30.5 Å². The third-order valence-electron chi connectivity index (χ3n) is 3.23. The molecule has 0 aromatic carbocycles. The van der Waals surface area contributed by atoms with Crippen LogP contribution in [0.3, 0.4) is 0 Å². The Labute approximate surface area is 162 Å². The molecule has 0 saturated carbocycles. The molecule has 0 amide bonds. The summed E-state index contributed by atoms with van der Waals surface area (Å²) >= 11 is 5.42. The molecule has 0 radical (unpaired) electrons. The van der Waals surface area contributed by atoms with Gasteiger partial charge in [-0.2, -0.15) is 0 Å². The Morgan fingerprint density at radius 2 is 1.19 bits per heavy atom. The van der Waals surface area contributed by atoms with Crippen molar-refractivity contribution in [1.82, 2.24) is 0 Å². The van der Waals surface area contributed by atoms with Crippen LogP contribution in [0.15, 0.2) is 0 Å². The van der Waals surface area contributed by atoms with Crippen molar-refractivity contribution >= 4 is 23.4 Å². The number of Topliss-reactive ketones (excluding diaryl/α,β-unsaturated/α-hetero) is 1. The lowest BCUT2D eigenvalue weighted by Gasteiger charge is -2.19. The van der Waals surface area contributed by atoms with Crippen molar-refractivity contribution in [2.75, 3.05) is 45.5 Å². The van der Waals surface area contributed by atoms with Gasteiger partial charge in [-0.3, -0.25) is 9.59 Å². The number of ether oxygens (including phenoxy) is 4. The van der Waals surface area contributed by atoms with E-state index >= 15 is 0 Å². The molecule has 0 aliphatic rings. The van der Waals surface area contributed by atoms with Crippen molar-refractivity contribution in [3.8, 4) is 0 Å². The number of esters is 1. The van der Waals surface area contributed by atoms with E-state index in [2.05, 4.69) is 0 Å². The predicted molar refractivity (Wildman–Crippen MR) is 102 cm³/mol. The molecule has 26 heavy (non-hydrogen) atoms. The van der Waals surface area contributed by atoms with Crippen molar-refractivity contribution in [3.63, 3.8) is 0 Å². The van der Waals surface area contributed by atoms with Crippen molar-refractivity contribution in [3.05, 3.63) is 0 Å². The zero-order chi connectivity index (χ0) is 19.7. The fourth-order valence-electron chi connectivity index (χ4n) is 2.00. The number of carbonyl (C=O) groups is 2. The molecule has 0 aliphatic heterocycles. The molecule has 0 unspecified atom stereocenters. The zero-order valence-corrected chi connectivity index (χ0v) is 17.3. The molecule has 0 heterocycles. The van der Waals surface area contributed by atoms with Gasteiger partial charge in [-0.1, -0.05) is 0 Å². The maximum atomic E-state index is 11.5. The summed E-state index contributed by atoms with van der Waals surface area (Å²) in [5, 5.41) is 0. The summed E-state index contributed by atoms with van der Waals surface area (Å²) in [5.74, 6) is 0.0202.